The fourth-order valence-electron chi connectivity index (χ4n) is 3.79. The third-order valence-corrected chi connectivity index (χ3v) is 5.32. The van der Waals surface area contributed by atoms with Gasteiger partial charge in [0.05, 0.1) is 43.2 Å². The molecule has 0 saturated heterocycles. The smallest absolute Gasteiger partial charge is 0.258 e. The van der Waals surface area contributed by atoms with Gasteiger partial charge in [-0.05, 0) is 41.5 Å². The first-order valence-electron chi connectivity index (χ1n) is 9.72. The van der Waals surface area contributed by atoms with Gasteiger partial charge in [0, 0.05) is 17.7 Å². The quantitative estimate of drug-likeness (QED) is 0.273. The van der Waals surface area contributed by atoms with Gasteiger partial charge in [-0.2, -0.15) is 26.3 Å². The number of hydrogen-bond acceptors (Lipinski definition) is 7. The maximum absolute atomic E-state index is 13.3. The number of nitro groups is 3. The lowest BCUT2D eigenvalue weighted by molar-refractivity contribution is -0.428. The molecule has 0 fully saturated rings. The molecular formula is C21H8F6N4O6. The lowest BCUT2D eigenvalue weighted by atomic mass is 9.91. The highest BCUT2D eigenvalue weighted by molar-refractivity contribution is 6.28. The Labute approximate surface area is 200 Å². The van der Waals surface area contributed by atoms with Crippen molar-refractivity contribution in [2.75, 3.05) is 0 Å². The van der Waals surface area contributed by atoms with Crippen LogP contribution < -0.4 is 0 Å². The van der Waals surface area contributed by atoms with Gasteiger partial charge in [0.1, 0.15) is 5.71 Å². The van der Waals surface area contributed by atoms with Crippen molar-refractivity contribution >= 4 is 28.7 Å². The fraction of sp³-hybridized carbons (Fsp3) is 0.0952. The second-order valence-electron chi connectivity index (χ2n) is 7.62. The molecule has 0 spiro atoms. The lowest BCUT2D eigenvalue weighted by Crippen LogP contribution is -2.20. The minimum absolute atomic E-state index is 0.00395. The summed E-state index contributed by atoms with van der Waals surface area (Å²) in [7, 11) is 0. The molecule has 2 aromatic carbocycles. The molecule has 0 amide bonds. The zero-order valence-corrected chi connectivity index (χ0v) is 17.6. The summed E-state index contributed by atoms with van der Waals surface area (Å²) in [6.45, 7) is 0. The van der Waals surface area contributed by atoms with E-state index in [1.54, 1.807) is 0 Å². The molecule has 0 saturated carbocycles. The van der Waals surface area contributed by atoms with E-state index in [0.29, 0.717) is 6.08 Å². The van der Waals surface area contributed by atoms with E-state index in [1.165, 1.54) is 0 Å². The molecule has 2 aromatic rings. The van der Waals surface area contributed by atoms with Gasteiger partial charge in [-0.25, -0.2) is 4.99 Å². The first-order chi connectivity index (χ1) is 17.1. The summed E-state index contributed by atoms with van der Waals surface area (Å²) in [5.74, 6) is 0. The number of aliphatic imine (C=N–C) groups is 1. The number of rotatable bonds is 4. The molecule has 0 aliphatic heterocycles. The number of non-ortho nitro benzene ring substituents is 1. The van der Waals surface area contributed by atoms with Crippen LogP contribution in [0.4, 0.5) is 37.7 Å². The summed E-state index contributed by atoms with van der Waals surface area (Å²) < 4.78 is 79.6. The molecular weight excluding hydrogens is 518 g/mol. The van der Waals surface area contributed by atoms with Gasteiger partial charge < -0.3 is 0 Å². The van der Waals surface area contributed by atoms with Gasteiger partial charge in [-0.15, -0.1) is 0 Å². The van der Waals surface area contributed by atoms with Gasteiger partial charge in [-0.3, -0.25) is 30.3 Å². The Morgan fingerprint density at radius 1 is 0.730 bits per heavy atom. The largest absolute Gasteiger partial charge is 0.416 e. The molecule has 0 radical (unpaired) electrons. The molecule has 37 heavy (non-hydrogen) atoms. The number of alkyl halides is 6. The molecule has 0 N–H and O–H groups in total. The standard InChI is InChI=1S/C21H8F6N4O6/c22-20(23,24)10-5-11(21(25,26)27)7-12(6-10)28-19-15-4-9-3-13(29(32)33)1-2-14(9)18(15)16(30(34)35)8-17(19)31(36)37/h1-8H. The van der Waals surface area contributed by atoms with E-state index in [1.807, 2.05) is 0 Å². The van der Waals surface area contributed by atoms with E-state index < -0.39 is 66.7 Å². The van der Waals surface area contributed by atoms with Crippen molar-refractivity contribution in [3.8, 4) is 0 Å². The monoisotopic (exact) mass is 526 g/mol. The zero-order chi connectivity index (χ0) is 27.4. The highest BCUT2D eigenvalue weighted by Crippen LogP contribution is 2.45. The van der Waals surface area contributed by atoms with Gasteiger partial charge in [-0.1, -0.05) is 0 Å². The molecule has 2 aliphatic carbocycles. The number of benzene rings is 2. The van der Waals surface area contributed by atoms with Crippen LogP contribution in [-0.4, -0.2) is 20.5 Å². The van der Waals surface area contributed by atoms with Crippen LogP contribution in [0.2, 0.25) is 0 Å². The average Bonchev–Trinajstić information content (AvgIpc) is 3.16. The van der Waals surface area contributed by atoms with E-state index in [9.17, 15) is 56.7 Å². The number of fused-ring (bicyclic) bond motifs is 3. The van der Waals surface area contributed by atoms with Crippen molar-refractivity contribution < 1.29 is 41.1 Å². The van der Waals surface area contributed by atoms with E-state index in [4.69, 9.17) is 0 Å². The maximum Gasteiger partial charge on any atom is 0.416 e. The molecule has 0 bridgehead atoms. The summed E-state index contributed by atoms with van der Waals surface area (Å²) in [5, 5.41) is 34.5. The Hall–Kier alpha value is -4.89. The molecule has 0 heterocycles. The molecule has 2 aliphatic rings. The minimum Gasteiger partial charge on any atom is -0.258 e. The summed E-state index contributed by atoms with van der Waals surface area (Å²) >= 11 is 0. The molecule has 0 aromatic heterocycles. The molecule has 4 rings (SSSR count). The Balaban J connectivity index is 2.02. The van der Waals surface area contributed by atoms with E-state index >= 15 is 0 Å². The van der Waals surface area contributed by atoms with Crippen LogP contribution in [0.25, 0.3) is 11.6 Å². The first-order valence-corrected chi connectivity index (χ1v) is 9.72. The van der Waals surface area contributed by atoms with Gasteiger partial charge in [0.2, 0.25) is 0 Å². The van der Waals surface area contributed by atoms with Crippen LogP contribution in [0.3, 0.4) is 0 Å². The Bertz CT molecular complexity index is 1500. The zero-order valence-electron chi connectivity index (χ0n) is 17.6. The third kappa shape index (κ3) is 4.55. The first kappa shape index (κ1) is 25.2. The predicted octanol–water partition coefficient (Wildman–Crippen LogP) is 5.96. The van der Waals surface area contributed by atoms with Gasteiger partial charge >= 0.3 is 18.0 Å². The molecule has 10 nitrogen and oxygen atoms in total. The Kier molecular flexibility index (Phi) is 5.69. The fourth-order valence-corrected chi connectivity index (χ4v) is 3.79. The van der Waals surface area contributed by atoms with E-state index in [0.717, 1.165) is 24.3 Å². The minimum atomic E-state index is -5.23. The maximum atomic E-state index is 13.3. The van der Waals surface area contributed by atoms with Crippen molar-refractivity contribution in [3.05, 3.63) is 112 Å². The highest BCUT2D eigenvalue weighted by Gasteiger charge is 2.42. The highest BCUT2D eigenvalue weighted by atomic mass is 19.4. The second-order valence-corrected chi connectivity index (χ2v) is 7.62. The summed E-state index contributed by atoms with van der Waals surface area (Å²) in [5.41, 5.74) is -8.15. The second kappa shape index (κ2) is 8.35. The van der Waals surface area contributed by atoms with Crippen molar-refractivity contribution in [3.63, 3.8) is 0 Å². The van der Waals surface area contributed by atoms with Crippen molar-refractivity contribution in [1.82, 2.24) is 0 Å². The Morgan fingerprint density at radius 3 is 1.81 bits per heavy atom. The van der Waals surface area contributed by atoms with E-state index in [-0.39, 0.29) is 40.5 Å². The van der Waals surface area contributed by atoms with E-state index in [2.05, 4.69) is 4.99 Å². The number of halogens is 6. The Morgan fingerprint density at radius 2 is 1.32 bits per heavy atom. The van der Waals surface area contributed by atoms with Crippen LogP contribution in [0.1, 0.15) is 22.3 Å². The molecule has 0 unspecified atom stereocenters. The third-order valence-electron chi connectivity index (χ3n) is 5.32. The average molecular weight is 526 g/mol. The van der Waals surface area contributed by atoms with Crippen molar-refractivity contribution in [1.29, 1.82) is 0 Å². The van der Waals surface area contributed by atoms with Crippen molar-refractivity contribution in [2.45, 2.75) is 12.4 Å². The van der Waals surface area contributed by atoms with Crippen LogP contribution >= 0.6 is 0 Å². The SMILES string of the molecule is O=[N+]([O-])C1=CC([N+](=O)[O-])=C2C(=Cc3cc([N+](=O)[O-])ccc32)C1=Nc1cc(C(F)(F)F)cc(C(F)(F)F)c1. The molecule has 190 valence electrons. The predicted molar refractivity (Wildman–Crippen MR) is 114 cm³/mol. The normalized spacial score (nSPS) is 16.2. The van der Waals surface area contributed by atoms with Crippen LogP contribution in [0, 0.1) is 30.3 Å². The van der Waals surface area contributed by atoms with Crippen LogP contribution in [0.15, 0.2) is 64.4 Å². The van der Waals surface area contributed by atoms with Gasteiger partial charge in [0.15, 0.2) is 0 Å². The summed E-state index contributed by atoms with van der Waals surface area (Å²) in [4.78, 5) is 35.3. The topological polar surface area (TPSA) is 142 Å². The number of nitro benzene ring substituents is 1. The van der Waals surface area contributed by atoms with Crippen LogP contribution in [-0.2, 0) is 12.4 Å². The lowest BCUT2D eigenvalue weighted by Gasteiger charge is -2.15. The van der Waals surface area contributed by atoms with Crippen LogP contribution in [0.5, 0.6) is 0 Å². The van der Waals surface area contributed by atoms with Crippen molar-refractivity contribution in [2.24, 2.45) is 4.99 Å². The summed E-state index contributed by atoms with van der Waals surface area (Å²) in [6.07, 6.45) is -8.93. The van der Waals surface area contributed by atoms with Gasteiger partial charge in [0.25, 0.3) is 11.4 Å². The number of allylic oxidation sites excluding steroid dienone is 3. The number of hydrogen-bond donors (Lipinski definition) is 0. The number of nitrogens with zero attached hydrogens (tertiary/aromatic N) is 4. The molecule has 16 heteroatoms. The summed E-state index contributed by atoms with van der Waals surface area (Å²) in [6, 6.07) is 3.45. The molecule has 0 atom stereocenters.